The zero-order valence-corrected chi connectivity index (χ0v) is 7.46. The maximum absolute atomic E-state index is 10.4. The quantitative estimate of drug-likeness (QED) is 0.195. The molecule has 0 N–H and O–H groups in total. The van der Waals surface area contributed by atoms with Crippen molar-refractivity contribution >= 4 is 45.6 Å². The van der Waals surface area contributed by atoms with E-state index in [1.807, 2.05) is 0 Å². The molecule has 0 atom stereocenters. The molecular formula is C6H11NaO5S. The van der Waals surface area contributed by atoms with E-state index in [9.17, 15) is 13.2 Å². The Morgan fingerprint density at radius 3 is 2.38 bits per heavy atom. The van der Waals surface area contributed by atoms with E-state index in [0.29, 0.717) is 0 Å². The van der Waals surface area contributed by atoms with Crippen LogP contribution in [0.1, 0.15) is 0 Å². The summed E-state index contributed by atoms with van der Waals surface area (Å²) in [4.78, 5) is 10.4. The van der Waals surface area contributed by atoms with Crippen LogP contribution < -0.4 is 0 Å². The van der Waals surface area contributed by atoms with Gasteiger partial charge in [-0.2, -0.15) is 8.42 Å². The van der Waals surface area contributed by atoms with Gasteiger partial charge in [0.1, 0.15) is 13.2 Å². The summed E-state index contributed by atoms with van der Waals surface area (Å²) < 4.78 is 29.5. The Balaban J connectivity index is 0. The molecule has 0 aliphatic heterocycles. The normalized spacial score (nSPS) is 9.92. The topological polar surface area (TPSA) is 69.7 Å². The van der Waals surface area contributed by atoms with Gasteiger partial charge in [-0.15, -0.1) is 0 Å². The monoisotopic (exact) mass is 218 g/mol. The molecule has 72 valence electrons. The van der Waals surface area contributed by atoms with E-state index in [1.165, 1.54) is 0 Å². The molecular weight excluding hydrogens is 207 g/mol. The van der Waals surface area contributed by atoms with Crippen molar-refractivity contribution in [2.75, 3.05) is 19.5 Å². The molecule has 0 aromatic rings. The van der Waals surface area contributed by atoms with Gasteiger partial charge >= 0.3 is 35.5 Å². The summed E-state index contributed by atoms with van der Waals surface area (Å²) in [6.45, 7) is 2.89. The summed E-state index contributed by atoms with van der Waals surface area (Å²) in [7, 11) is -3.45. The number of rotatable bonds is 5. The van der Waals surface area contributed by atoms with E-state index in [2.05, 4.69) is 15.5 Å². The van der Waals surface area contributed by atoms with Crippen molar-refractivity contribution in [1.29, 1.82) is 0 Å². The fraction of sp³-hybridized carbons (Fsp3) is 0.500. The van der Waals surface area contributed by atoms with Crippen LogP contribution >= 0.6 is 0 Å². The van der Waals surface area contributed by atoms with Crippen LogP contribution in [0.2, 0.25) is 0 Å². The van der Waals surface area contributed by atoms with E-state index >= 15 is 0 Å². The Hall–Kier alpha value is 0.120. The predicted molar refractivity (Wildman–Crippen MR) is 49.1 cm³/mol. The van der Waals surface area contributed by atoms with Gasteiger partial charge in [-0.25, -0.2) is 4.79 Å². The minimum absolute atomic E-state index is 0. The molecule has 0 heterocycles. The van der Waals surface area contributed by atoms with Gasteiger partial charge in [0.25, 0.3) is 10.1 Å². The molecule has 0 saturated heterocycles. The molecule has 13 heavy (non-hydrogen) atoms. The SMILES string of the molecule is C=CC(=O)OCCOS(C)(=O)=O.[NaH]. The van der Waals surface area contributed by atoms with Gasteiger partial charge in [0.15, 0.2) is 0 Å². The molecule has 7 heteroatoms. The predicted octanol–water partition coefficient (Wildman–Crippen LogP) is -0.957. The average Bonchev–Trinajstić information content (AvgIpc) is 1.96. The van der Waals surface area contributed by atoms with Crippen molar-refractivity contribution in [1.82, 2.24) is 0 Å². The van der Waals surface area contributed by atoms with E-state index in [0.717, 1.165) is 12.3 Å². The summed E-state index contributed by atoms with van der Waals surface area (Å²) in [5, 5.41) is 0. The molecule has 0 aromatic heterocycles. The molecule has 0 radical (unpaired) electrons. The second-order valence-corrected chi connectivity index (χ2v) is 3.54. The average molecular weight is 218 g/mol. The van der Waals surface area contributed by atoms with Crippen LogP contribution in [0, 0.1) is 0 Å². The zero-order valence-electron chi connectivity index (χ0n) is 6.65. The molecule has 0 fully saturated rings. The second-order valence-electron chi connectivity index (χ2n) is 1.90. The van der Waals surface area contributed by atoms with Gasteiger partial charge in [-0.05, 0) is 0 Å². The molecule has 0 spiro atoms. The summed E-state index contributed by atoms with van der Waals surface area (Å²) in [5.74, 6) is -0.605. The van der Waals surface area contributed by atoms with Gasteiger partial charge in [0, 0.05) is 6.08 Å². The van der Waals surface area contributed by atoms with Crippen molar-refractivity contribution in [3.8, 4) is 0 Å². The summed E-state index contributed by atoms with van der Waals surface area (Å²) in [6.07, 6.45) is 1.91. The minimum atomic E-state index is -3.45. The molecule has 0 amide bonds. The summed E-state index contributed by atoms with van der Waals surface area (Å²) >= 11 is 0. The van der Waals surface area contributed by atoms with Crippen molar-refractivity contribution in [2.24, 2.45) is 0 Å². The Kier molecular flexibility index (Phi) is 9.01. The van der Waals surface area contributed by atoms with Crippen LogP contribution in [0.4, 0.5) is 0 Å². The van der Waals surface area contributed by atoms with E-state index in [-0.39, 0.29) is 42.8 Å². The number of esters is 1. The molecule has 0 unspecified atom stereocenters. The van der Waals surface area contributed by atoms with Gasteiger partial charge in [-0.1, -0.05) is 6.58 Å². The Morgan fingerprint density at radius 2 is 2.00 bits per heavy atom. The van der Waals surface area contributed by atoms with Gasteiger partial charge < -0.3 is 4.74 Å². The molecule has 0 aliphatic carbocycles. The number of carbonyl (C=O) groups is 1. The molecule has 0 bridgehead atoms. The third kappa shape index (κ3) is 12.1. The maximum atomic E-state index is 10.4. The second kappa shape index (κ2) is 7.52. The van der Waals surface area contributed by atoms with Crippen LogP contribution in [-0.4, -0.2) is 63.4 Å². The summed E-state index contributed by atoms with van der Waals surface area (Å²) in [5.41, 5.74) is 0. The van der Waals surface area contributed by atoms with Gasteiger partial charge in [0.2, 0.25) is 0 Å². The number of hydrogen-bond acceptors (Lipinski definition) is 5. The van der Waals surface area contributed by atoms with Crippen molar-refractivity contribution in [3.63, 3.8) is 0 Å². The Labute approximate surface area is 99.5 Å². The van der Waals surface area contributed by atoms with E-state index in [1.54, 1.807) is 0 Å². The van der Waals surface area contributed by atoms with Crippen LogP contribution in [-0.2, 0) is 23.8 Å². The third-order valence-corrected chi connectivity index (χ3v) is 1.39. The van der Waals surface area contributed by atoms with Crippen LogP contribution in [0.15, 0.2) is 12.7 Å². The van der Waals surface area contributed by atoms with Crippen LogP contribution in [0.25, 0.3) is 0 Å². The molecule has 0 saturated carbocycles. The first-order valence-electron chi connectivity index (χ1n) is 3.09. The molecule has 0 aromatic carbocycles. The van der Waals surface area contributed by atoms with Gasteiger partial charge in [-0.3, -0.25) is 4.18 Å². The van der Waals surface area contributed by atoms with Gasteiger partial charge in [0.05, 0.1) is 6.26 Å². The van der Waals surface area contributed by atoms with Crippen LogP contribution in [0.5, 0.6) is 0 Å². The van der Waals surface area contributed by atoms with E-state index in [4.69, 9.17) is 0 Å². The first-order chi connectivity index (χ1) is 5.45. The van der Waals surface area contributed by atoms with E-state index < -0.39 is 16.1 Å². The van der Waals surface area contributed by atoms with Crippen LogP contribution in [0.3, 0.4) is 0 Å². The Morgan fingerprint density at radius 1 is 1.46 bits per heavy atom. The third-order valence-electron chi connectivity index (χ3n) is 0.792. The van der Waals surface area contributed by atoms with Crippen molar-refractivity contribution < 1.29 is 22.1 Å². The number of carbonyl (C=O) groups excluding carboxylic acids is 1. The summed E-state index contributed by atoms with van der Waals surface area (Å²) in [6, 6.07) is 0. The molecule has 0 rings (SSSR count). The first kappa shape index (κ1) is 15.6. The fourth-order valence-electron chi connectivity index (χ4n) is 0.387. The standard InChI is InChI=1S/C6H10O5S.Na.H/c1-3-6(7)10-4-5-11-12(2,8)9;;/h3H,1,4-5H2,2H3;;. The van der Waals surface area contributed by atoms with Crippen molar-refractivity contribution in [3.05, 3.63) is 12.7 Å². The number of hydrogen-bond donors (Lipinski definition) is 0. The number of ether oxygens (including phenoxy) is 1. The molecule has 5 nitrogen and oxygen atoms in total. The first-order valence-corrected chi connectivity index (χ1v) is 4.91. The fourth-order valence-corrected chi connectivity index (χ4v) is 0.757. The zero-order chi connectivity index (χ0) is 9.61. The Bertz CT molecular complexity index is 258. The van der Waals surface area contributed by atoms with Crippen molar-refractivity contribution in [2.45, 2.75) is 0 Å². The molecule has 0 aliphatic rings.